The molecule has 0 aromatic carbocycles. The summed E-state index contributed by atoms with van der Waals surface area (Å²) in [5.41, 5.74) is 0. The highest BCUT2D eigenvalue weighted by molar-refractivity contribution is 5.88. The van der Waals surface area contributed by atoms with Gasteiger partial charge in [0.15, 0.2) is 5.78 Å². The lowest BCUT2D eigenvalue weighted by atomic mass is 10.0. The van der Waals surface area contributed by atoms with Gasteiger partial charge in [-0.3, -0.25) is 14.4 Å². The zero-order valence-corrected chi connectivity index (χ0v) is 11.8. The first-order valence-electron chi connectivity index (χ1n) is 6.98. The van der Waals surface area contributed by atoms with Gasteiger partial charge < -0.3 is 9.64 Å². The average molecular weight is 269 g/mol. The summed E-state index contributed by atoms with van der Waals surface area (Å²) >= 11 is 0. The Labute approximate surface area is 114 Å². The second kappa shape index (κ2) is 7.92. The van der Waals surface area contributed by atoms with Crippen LogP contribution in [0.15, 0.2) is 0 Å². The van der Waals surface area contributed by atoms with Crippen LogP contribution in [-0.4, -0.2) is 42.3 Å². The molecule has 0 bridgehead atoms. The molecule has 0 N–H and O–H groups in total. The van der Waals surface area contributed by atoms with Gasteiger partial charge in [-0.15, -0.1) is 0 Å². The third-order valence-corrected chi connectivity index (χ3v) is 3.38. The van der Waals surface area contributed by atoms with Crippen LogP contribution >= 0.6 is 0 Å². The molecule has 0 aliphatic carbocycles. The number of carbonyl (C=O) groups excluding carboxylic acids is 3. The predicted molar refractivity (Wildman–Crippen MR) is 70.5 cm³/mol. The smallest absolute Gasteiger partial charge is 0.306 e. The van der Waals surface area contributed by atoms with Crippen molar-refractivity contribution in [3.05, 3.63) is 0 Å². The fourth-order valence-corrected chi connectivity index (χ4v) is 2.11. The number of ketones is 1. The molecule has 1 unspecified atom stereocenters. The SMILES string of the molecule is CCOC(=O)CCC(=O)CN1CCC(C)CCC1=O. The number of hydrogen-bond donors (Lipinski definition) is 0. The minimum atomic E-state index is -0.355. The van der Waals surface area contributed by atoms with E-state index in [2.05, 4.69) is 6.92 Å². The van der Waals surface area contributed by atoms with Gasteiger partial charge in [0.05, 0.1) is 19.6 Å². The van der Waals surface area contributed by atoms with E-state index in [9.17, 15) is 14.4 Å². The number of carbonyl (C=O) groups is 3. The Morgan fingerprint density at radius 2 is 2.05 bits per heavy atom. The molecular weight excluding hydrogens is 246 g/mol. The Morgan fingerprint density at radius 1 is 1.32 bits per heavy atom. The van der Waals surface area contributed by atoms with E-state index in [0.717, 1.165) is 12.8 Å². The maximum atomic E-state index is 11.8. The largest absolute Gasteiger partial charge is 0.466 e. The lowest BCUT2D eigenvalue weighted by Crippen LogP contribution is -2.35. The van der Waals surface area contributed by atoms with Gasteiger partial charge in [0, 0.05) is 19.4 Å². The number of ether oxygens (including phenoxy) is 1. The summed E-state index contributed by atoms with van der Waals surface area (Å²) in [6.07, 6.45) is 2.61. The van der Waals surface area contributed by atoms with Crippen molar-refractivity contribution >= 4 is 17.7 Å². The van der Waals surface area contributed by atoms with Crippen LogP contribution in [0.2, 0.25) is 0 Å². The summed E-state index contributed by atoms with van der Waals surface area (Å²) < 4.78 is 4.77. The molecule has 1 fully saturated rings. The molecular formula is C14H23NO4. The minimum Gasteiger partial charge on any atom is -0.466 e. The molecule has 1 aliphatic heterocycles. The van der Waals surface area contributed by atoms with E-state index in [-0.39, 0.29) is 37.0 Å². The Bertz CT molecular complexity index is 340. The number of rotatable bonds is 6. The van der Waals surface area contributed by atoms with Crippen LogP contribution in [0.1, 0.15) is 46.0 Å². The number of nitrogens with zero attached hydrogens (tertiary/aromatic N) is 1. The van der Waals surface area contributed by atoms with Crippen molar-refractivity contribution in [2.45, 2.75) is 46.0 Å². The van der Waals surface area contributed by atoms with Crippen LogP contribution in [-0.2, 0) is 19.1 Å². The first-order valence-corrected chi connectivity index (χ1v) is 6.98. The van der Waals surface area contributed by atoms with Crippen LogP contribution in [0.25, 0.3) is 0 Å². The molecule has 1 atom stereocenters. The highest BCUT2D eigenvalue weighted by atomic mass is 16.5. The summed E-state index contributed by atoms with van der Waals surface area (Å²) in [5, 5.41) is 0. The zero-order chi connectivity index (χ0) is 14.3. The fourth-order valence-electron chi connectivity index (χ4n) is 2.11. The molecule has 0 aromatic rings. The zero-order valence-electron chi connectivity index (χ0n) is 11.8. The van der Waals surface area contributed by atoms with Crippen molar-refractivity contribution in [1.82, 2.24) is 4.90 Å². The second-order valence-electron chi connectivity index (χ2n) is 5.09. The number of Topliss-reactive ketones (excluding diaryl/α,β-unsaturated/α-hetero) is 1. The van der Waals surface area contributed by atoms with Crippen molar-refractivity contribution in [2.24, 2.45) is 5.92 Å². The Morgan fingerprint density at radius 3 is 2.74 bits per heavy atom. The standard InChI is InChI=1S/C14H23NO4/c1-3-19-14(18)7-5-12(16)10-15-9-8-11(2)4-6-13(15)17/h11H,3-10H2,1-2H3. The van der Waals surface area contributed by atoms with Crippen LogP contribution in [0, 0.1) is 5.92 Å². The van der Waals surface area contributed by atoms with Crippen molar-refractivity contribution < 1.29 is 19.1 Å². The van der Waals surface area contributed by atoms with Crippen molar-refractivity contribution in [1.29, 1.82) is 0 Å². The first-order chi connectivity index (χ1) is 9.02. The molecule has 5 nitrogen and oxygen atoms in total. The molecule has 1 aliphatic rings. The van der Waals surface area contributed by atoms with Gasteiger partial charge in [-0.25, -0.2) is 0 Å². The molecule has 1 rings (SSSR count). The van der Waals surface area contributed by atoms with E-state index < -0.39 is 0 Å². The summed E-state index contributed by atoms with van der Waals surface area (Å²) in [6, 6.07) is 0. The molecule has 0 radical (unpaired) electrons. The van der Waals surface area contributed by atoms with E-state index in [1.807, 2.05) is 0 Å². The van der Waals surface area contributed by atoms with Gasteiger partial charge in [-0.1, -0.05) is 6.92 Å². The third-order valence-electron chi connectivity index (χ3n) is 3.38. The van der Waals surface area contributed by atoms with Crippen LogP contribution in [0.4, 0.5) is 0 Å². The number of hydrogen-bond acceptors (Lipinski definition) is 4. The lowest BCUT2D eigenvalue weighted by Gasteiger charge is -2.19. The van der Waals surface area contributed by atoms with Gasteiger partial charge in [0.25, 0.3) is 0 Å². The molecule has 0 aromatic heterocycles. The van der Waals surface area contributed by atoms with E-state index in [1.54, 1.807) is 11.8 Å². The van der Waals surface area contributed by atoms with E-state index in [0.29, 0.717) is 25.5 Å². The van der Waals surface area contributed by atoms with Gasteiger partial charge in [0.2, 0.25) is 5.91 Å². The number of esters is 1. The summed E-state index contributed by atoms with van der Waals surface area (Å²) in [7, 11) is 0. The van der Waals surface area contributed by atoms with Gasteiger partial charge >= 0.3 is 5.97 Å². The van der Waals surface area contributed by atoms with Crippen molar-refractivity contribution in [3.63, 3.8) is 0 Å². The molecule has 1 heterocycles. The second-order valence-corrected chi connectivity index (χ2v) is 5.09. The molecule has 108 valence electrons. The Hall–Kier alpha value is -1.39. The first kappa shape index (κ1) is 15.7. The molecule has 0 spiro atoms. The van der Waals surface area contributed by atoms with Gasteiger partial charge in [-0.05, 0) is 25.7 Å². The fraction of sp³-hybridized carbons (Fsp3) is 0.786. The van der Waals surface area contributed by atoms with Crippen LogP contribution in [0.5, 0.6) is 0 Å². The lowest BCUT2D eigenvalue weighted by molar-refractivity contribution is -0.144. The minimum absolute atomic E-state index is 0.0498. The maximum Gasteiger partial charge on any atom is 0.306 e. The highest BCUT2D eigenvalue weighted by Crippen LogP contribution is 2.17. The van der Waals surface area contributed by atoms with E-state index >= 15 is 0 Å². The number of likely N-dealkylation sites (tertiary alicyclic amines) is 1. The quantitative estimate of drug-likeness (QED) is 0.686. The monoisotopic (exact) mass is 269 g/mol. The third kappa shape index (κ3) is 5.85. The average Bonchev–Trinajstić information content (AvgIpc) is 2.52. The molecule has 19 heavy (non-hydrogen) atoms. The normalized spacial score (nSPS) is 20.0. The molecule has 1 saturated heterocycles. The predicted octanol–water partition coefficient (Wildman–Crippen LogP) is 1.55. The molecule has 1 amide bonds. The number of amides is 1. The highest BCUT2D eigenvalue weighted by Gasteiger charge is 2.22. The van der Waals surface area contributed by atoms with Crippen molar-refractivity contribution in [3.8, 4) is 0 Å². The van der Waals surface area contributed by atoms with Crippen LogP contribution in [0.3, 0.4) is 0 Å². The Balaban J connectivity index is 2.34. The van der Waals surface area contributed by atoms with E-state index in [1.165, 1.54) is 0 Å². The van der Waals surface area contributed by atoms with Gasteiger partial charge in [-0.2, -0.15) is 0 Å². The van der Waals surface area contributed by atoms with E-state index in [4.69, 9.17) is 4.74 Å². The topological polar surface area (TPSA) is 63.7 Å². The summed E-state index contributed by atoms with van der Waals surface area (Å²) in [6.45, 7) is 4.96. The molecule has 0 saturated carbocycles. The summed E-state index contributed by atoms with van der Waals surface area (Å²) in [5.74, 6) is 0.153. The van der Waals surface area contributed by atoms with Crippen molar-refractivity contribution in [2.75, 3.05) is 19.7 Å². The maximum absolute atomic E-state index is 11.8. The van der Waals surface area contributed by atoms with Crippen LogP contribution < -0.4 is 0 Å². The molecule has 5 heteroatoms. The Kier molecular flexibility index (Phi) is 6.53. The summed E-state index contributed by atoms with van der Waals surface area (Å²) in [4.78, 5) is 36.3. The van der Waals surface area contributed by atoms with Gasteiger partial charge in [0.1, 0.15) is 0 Å².